The number of nitrogens with two attached hydrogens (primary N) is 1. The molecule has 0 aliphatic carbocycles. The molecule has 4 N–H and O–H groups in total. The van der Waals surface area contributed by atoms with E-state index >= 15 is 0 Å². The van der Waals surface area contributed by atoms with Crippen LogP contribution in [-0.2, 0) is 11.2 Å². The average Bonchev–Trinajstić information content (AvgIpc) is 2.79. The summed E-state index contributed by atoms with van der Waals surface area (Å²) < 4.78 is 26.0. The number of carbonyl (C=O) groups excluding carboxylic acids is 2. The maximum Gasteiger partial charge on any atom is 0.262 e. The quantitative estimate of drug-likeness (QED) is 0.747. The van der Waals surface area contributed by atoms with Crippen molar-refractivity contribution in [3.05, 3.63) is 35.4 Å². The summed E-state index contributed by atoms with van der Waals surface area (Å²) in [7, 11) is 0. The number of benzene rings is 1. The summed E-state index contributed by atoms with van der Waals surface area (Å²) in [5.74, 6) is -3.77. The monoisotopic (exact) mass is 333 g/mol. The van der Waals surface area contributed by atoms with Crippen LogP contribution in [0.3, 0.4) is 0 Å². The van der Waals surface area contributed by atoms with Gasteiger partial charge >= 0.3 is 0 Å². The molecule has 0 aromatic heterocycles. The van der Waals surface area contributed by atoms with Gasteiger partial charge in [-0.1, -0.05) is 12.1 Å². The van der Waals surface area contributed by atoms with Gasteiger partial charge in [0, 0.05) is 18.5 Å². The Labute approximate surface area is 133 Å². The highest BCUT2D eigenvalue weighted by atomic mass is 35.5. The fraction of sp³-hybridized carbons (Fsp3) is 0.429. The van der Waals surface area contributed by atoms with Crippen LogP contribution in [0.1, 0.15) is 22.3 Å². The first-order valence-electron chi connectivity index (χ1n) is 6.65. The number of rotatable bonds is 5. The van der Waals surface area contributed by atoms with Gasteiger partial charge in [-0.25, -0.2) is 8.78 Å². The lowest BCUT2D eigenvalue weighted by molar-refractivity contribution is -0.123. The Morgan fingerprint density at radius 3 is 2.73 bits per heavy atom. The van der Waals surface area contributed by atoms with Crippen molar-refractivity contribution in [2.75, 3.05) is 13.1 Å². The lowest BCUT2D eigenvalue weighted by Crippen LogP contribution is -2.41. The van der Waals surface area contributed by atoms with E-state index in [2.05, 4.69) is 10.6 Å². The Morgan fingerprint density at radius 1 is 1.41 bits per heavy atom. The molecular weight excluding hydrogens is 316 g/mol. The van der Waals surface area contributed by atoms with Crippen molar-refractivity contribution in [2.45, 2.75) is 24.8 Å². The molecule has 1 aromatic carbocycles. The van der Waals surface area contributed by atoms with E-state index in [1.807, 2.05) is 0 Å². The Morgan fingerprint density at radius 2 is 2.14 bits per heavy atom. The zero-order valence-corrected chi connectivity index (χ0v) is 12.6. The van der Waals surface area contributed by atoms with Crippen molar-refractivity contribution in [3.8, 4) is 0 Å². The van der Waals surface area contributed by atoms with E-state index < -0.39 is 36.7 Å². The largest absolute Gasteiger partial charge is 0.366 e. The molecule has 8 heteroatoms. The van der Waals surface area contributed by atoms with Gasteiger partial charge in [-0.3, -0.25) is 14.9 Å². The van der Waals surface area contributed by atoms with Gasteiger partial charge in [0.15, 0.2) is 0 Å². The molecule has 0 spiro atoms. The summed E-state index contributed by atoms with van der Waals surface area (Å²) in [6.45, 7) is -0.156. The molecule has 0 bridgehead atoms. The van der Waals surface area contributed by atoms with Crippen LogP contribution < -0.4 is 16.4 Å². The summed E-state index contributed by atoms with van der Waals surface area (Å²) in [4.78, 5) is 22.8. The van der Waals surface area contributed by atoms with Crippen molar-refractivity contribution < 1.29 is 18.4 Å². The summed E-state index contributed by atoms with van der Waals surface area (Å²) >= 11 is 0. The van der Waals surface area contributed by atoms with Crippen molar-refractivity contribution >= 4 is 24.2 Å². The van der Waals surface area contributed by atoms with Crippen LogP contribution in [-0.4, -0.2) is 36.9 Å². The number of nitrogens with one attached hydrogen (secondary N) is 2. The number of amides is 2. The van der Waals surface area contributed by atoms with Crippen LogP contribution in [0.15, 0.2) is 24.3 Å². The molecule has 1 fully saturated rings. The maximum absolute atomic E-state index is 13.0. The molecule has 1 saturated heterocycles. The number of primary amides is 1. The van der Waals surface area contributed by atoms with Gasteiger partial charge in [0.05, 0.1) is 12.6 Å². The summed E-state index contributed by atoms with van der Waals surface area (Å²) in [5.41, 5.74) is 6.42. The predicted molar refractivity (Wildman–Crippen MR) is 80.3 cm³/mol. The highest BCUT2D eigenvalue weighted by Crippen LogP contribution is 2.24. The standard InChI is InChI=1S/C14H17F2N3O2.ClH/c15-14(16)7-11(19-8-14)13(21)18-5-4-9-2-1-3-10(6-9)12(17)20;/h1-3,6,11,19H,4-5,7-8H2,(H2,17,20)(H,18,21);1H. The average molecular weight is 334 g/mol. The fourth-order valence-corrected chi connectivity index (χ4v) is 2.23. The third-order valence-corrected chi connectivity index (χ3v) is 3.35. The minimum Gasteiger partial charge on any atom is -0.366 e. The van der Waals surface area contributed by atoms with Gasteiger partial charge in [0.2, 0.25) is 11.8 Å². The first-order valence-corrected chi connectivity index (χ1v) is 6.65. The van der Waals surface area contributed by atoms with Crippen LogP contribution >= 0.6 is 12.4 Å². The predicted octanol–water partition coefficient (Wildman–Crippen LogP) is 0.863. The smallest absolute Gasteiger partial charge is 0.262 e. The second-order valence-electron chi connectivity index (χ2n) is 5.10. The zero-order valence-electron chi connectivity index (χ0n) is 11.8. The van der Waals surface area contributed by atoms with Crippen LogP contribution in [0.5, 0.6) is 0 Å². The highest BCUT2D eigenvalue weighted by molar-refractivity contribution is 5.92. The lowest BCUT2D eigenvalue weighted by atomic mass is 10.1. The number of hydrogen-bond acceptors (Lipinski definition) is 3. The lowest BCUT2D eigenvalue weighted by Gasteiger charge is -2.11. The molecule has 1 unspecified atom stereocenters. The van der Waals surface area contributed by atoms with Gasteiger partial charge in [0.1, 0.15) is 0 Å². The van der Waals surface area contributed by atoms with E-state index in [4.69, 9.17) is 5.73 Å². The Hall–Kier alpha value is -1.73. The molecule has 1 aliphatic heterocycles. The summed E-state index contributed by atoms with van der Waals surface area (Å²) in [6.07, 6.45) is 0.0198. The molecule has 1 heterocycles. The van der Waals surface area contributed by atoms with Crippen LogP contribution in [0.25, 0.3) is 0 Å². The van der Waals surface area contributed by atoms with E-state index in [-0.39, 0.29) is 12.4 Å². The third kappa shape index (κ3) is 4.92. The van der Waals surface area contributed by atoms with Gasteiger partial charge < -0.3 is 11.1 Å². The molecule has 1 aromatic rings. The topological polar surface area (TPSA) is 84.2 Å². The molecule has 1 aliphatic rings. The van der Waals surface area contributed by atoms with E-state index in [0.29, 0.717) is 18.5 Å². The Bertz CT molecular complexity index is 555. The summed E-state index contributed by atoms with van der Waals surface area (Å²) in [5, 5.41) is 5.10. The molecule has 0 radical (unpaired) electrons. The first-order chi connectivity index (χ1) is 9.87. The summed E-state index contributed by atoms with van der Waals surface area (Å²) in [6, 6.07) is 5.92. The highest BCUT2D eigenvalue weighted by Gasteiger charge is 2.42. The van der Waals surface area contributed by atoms with E-state index in [1.165, 1.54) is 0 Å². The number of halogens is 3. The van der Waals surface area contributed by atoms with Crippen molar-refractivity contribution in [2.24, 2.45) is 5.73 Å². The molecule has 122 valence electrons. The van der Waals surface area contributed by atoms with Gasteiger partial charge in [-0.05, 0) is 24.1 Å². The number of hydrogen-bond donors (Lipinski definition) is 3. The molecule has 0 saturated carbocycles. The molecule has 22 heavy (non-hydrogen) atoms. The van der Waals surface area contributed by atoms with Gasteiger partial charge in [-0.15, -0.1) is 12.4 Å². The van der Waals surface area contributed by atoms with E-state index in [0.717, 1.165) is 5.56 Å². The number of alkyl halides is 2. The molecule has 5 nitrogen and oxygen atoms in total. The minimum atomic E-state index is -2.82. The first kappa shape index (κ1) is 18.3. The molecule has 1 atom stereocenters. The Balaban J connectivity index is 0.00000242. The minimum absolute atomic E-state index is 0. The van der Waals surface area contributed by atoms with Gasteiger partial charge in [0.25, 0.3) is 5.92 Å². The normalized spacial score (nSPS) is 19.3. The van der Waals surface area contributed by atoms with Crippen molar-refractivity contribution in [3.63, 3.8) is 0 Å². The SMILES string of the molecule is Cl.NC(=O)c1cccc(CCNC(=O)C2CC(F)(F)CN2)c1. The molecule has 2 rings (SSSR count). The van der Waals surface area contributed by atoms with E-state index in [1.54, 1.807) is 24.3 Å². The van der Waals surface area contributed by atoms with Crippen molar-refractivity contribution in [1.29, 1.82) is 0 Å². The van der Waals surface area contributed by atoms with Crippen molar-refractivity contribution in [1.82, 2.24) is 10.6 Å². The third-order valence-electron chi connectivity index (χ3n) is 3.35. The van der Waals surface area contributed by atoms with Crippen LogP contribution in [0.2, 0.25) is 0 Å². The van der Waals surface area contributed by atoms with Crippen LogP contribution in [0, 0.1) is 0 Å². The second kappa shape index (κ2) is 7.51. The fourth-order valence-electron chi connectivity index (χ4n) is 2.23. The molecular formula is C14H18ClF2N3O2. The van der Waals surface area contributed by atoms with E-state index in [9.17, 15) is 18.4 Å². The van der Waals surface area contributed by atoms with Gasteiger partial charge in [-0.2, -0.15) is 0 Å². The maximum atomic E-state index is 13.0. The molecule has 2 amide bonds. The van der Waals surface area contributed by atoms with Crippen LogP contribution in [0.4, 0.5) is 8.78 Å². The number of carbonyl (C=O) groups is 2. The zero-order chi connectivity index (χ0) is 15.5. The Kier molecular flexibility index (Phi) is 6.25. The second-order valence-corrected chi connectivity index (χ2v) is 5.10.